The average Bonchev–Trinajstić information content (AvgIpc) is 2.87. The molecule has 4 rings (SSSR count). The highest BCUT2D eigenvalue weighted by Crippen LogP contribution is 2.50. The number of aliphatic hydroxyl groups is 2. The van der Waals surface area contributed by atoms with Crippen molar-refractivity contribution >= 4 is 34.2 Å². The summed E-state index contributed by atoms with van der Waals surface area (Å²) in [5, 5.41) is 20.4. The van der Waals surface area contributed by atoms with Crippen molar-refractivity contribution in [2.24, 2.45) is 0 Å². The maximum Gasteiger partial charge on any atom is 0.222 e. The summed E-state index contributed by atoms with van der Waals surface area (Å²) in [7, 11) is 1.75. The van der Waals surface area contributed by atoms with Crippen LogP contribution < -0.4 is 15.5 Å². The van der Waals surface area contributed by atoms with Crippen LogP contribution in [0, 0.1) is 25.5 Å². The van der Waals surface area contributed by atoms with Crippen LogP contribution in [0.5, 0.6) is 0 Å². The lowest BCUT2D eigenvalue weighted by molar-refractivity contribution is -0.132. The minimum absolute atomic E-state index is 0.00757. The van der Waals surface area contributed by atoms with Gasteiger partial charge in [-0.2, -0.15) is 0 Å². The van der Waals surface area contributed by atoms with Crippen LogP contribution in [-0.4, -0.2) is 47.2 Å². The summed E-state index contributed by atoms with van der Waals surface area (Å²) >= 11 is 0. The van der Waals surface area contributed by atoms with Gasteiger partial charge in [0.25, 0.3) is 0 Å². The first-order valence-corrected chi connectivity index (χ1v) is 12.6. The largest absolute Gasteiger partial charge is 0.508 e. The van der Waals surface area contributed by atoms with Crippen LogP contribution in [0.3, 0.4) is 0 Å². The van der Waals surface area contributed by atoms with Gasteiger partial charge in [-0.05, 0) is 43.5 Å². The molecule has 7 nitrogen and oxygen atoms in total. The van der Waals surface area contributed by atoms with Crippen molar-refractivity contribution < 1.29 is 23.8 Å². The summed E-state index contributed by atoms with van der Waals surface area (Å²) in [6, 6.07) is 2.49. The topological polar surface area (TPSA) is 93.3 Å². The van der Waals surface area contributed by atoms with E-state index in [4.69, 9.17) is 5.73 Å². The van der Waals surface area contributed by atoms with E-state index in [0.29, 0.717) is 65.3 Å². The SMILES string of the molecule is C=CCCC(=O)N(C)C1CN(c2c(C)c3c(c(C)c2F)C(=C)C(C(=C)O)=CN3c2cc(N)c(F)cc2CO)C1. The summed E-state index contributed by atoms with van der Waals surface area (Å²) in [5.41, 5.74) is 9.36. The Morgan fingerprint density at radius 3 is 2.49 bits per heavy atom. The summed E-state index contributed by atoms with van der Waals surface area (Å²) in [5.74, 6) is -1.37. The number of amides is 1. The molecule has 206 valence electrons. The van der Waals surface area contributed by atoms with E-state index >= 15 is 4.39 Å². The molecule has 9 heteroatoms. The summed E-state index contributed by atoms with van der Waals surface area (Å²) in [6.45, 7) is 15.2. The van der Waals surface area contributed by atoms with Gasteiger partial charge in [0.2, 0.25) is 5.91 Å². The molecule has 4 N–H and O–H groups in total. The fraction of sp³-hybridized carbons (Fsp3) is 0.300. The number of carbonyl (C=O) groups is 1. The lowest BCUT2D eigenvalue weighted by Gasteiger charge is -2.47. The molecule has 0 bridgehead atoms. The Labute approximate surface area is 227 Å². The second kappa shape index (κ2) is 10.6. The molecule has 0 aliphatic carbocycles. The number of halogens is 2. The highest BCUT2D eigenvalue weighted by atomic mass is 19.1. The van der Waals surface area contributed by atoms with Crippen molar-refractivity contribution in [1.82, 2.24) is 4.90 Å². The first-order chi connectivity index (χ1) is 18.4. The normalized spacial score (nSPS) is 15.0. The zero-order valence-electron chi connectivity index (χ0n) is 22.5. The molecule has 0 unspecified atom stereocenters. The second-order valence-electron chi connectivity index (χ2n) is 10.0. The van der Waals surface area contributed by atoms with E-state index in [0.717, 1.165) is 6.07 Å². The third kappa shape index (κ3) is 4.67. The Morgan fingerprint density at radius 1 is 1.23 bits per heavy atom. The number of benzene rings is 2. The van der Waals surface area contributed by atoms with Crippen molar-refractivity contribution in [2.75, 3.05) is 35.7 Å². The molecule has 2 aliphatic rings. The van der Waals surface area contributed by atoms with Gasteiger partial charge in [-0.3, -0.25) is 4.79 Å². The van der Waals surface area contributed by atoms with Gasteiger partial charge in [-0.1, -0.05) is 19.2 Å². The quantitative estimate of drug-likeness (QED) is 0.238. The van der Waals surface area contributed by atoms with Gasteiger partial charge in [-0.25, -0.2) is 8.78 Å². The molecule has 2 heterocycles. The van der Waals surface area contributed by atoms with E-state index in [9.17, 15) is 19.4 Å². The number of carbonyl (C=O) groups excluding carboxylic acids is 1. The number of hydrogen-bond acceptors (Lipinski definition) is 6. The van der Waals surface area contributed by atoms with Crippen molar-refractivity contribution in [3.05, 3.63) is 89.4 Å². The predicted molar refractivity (Wildman–Crippen MR) is 152 cm³/mol. The molecule has 0 atom stereocenters. The van der Waals surface area contributed by atoms with Crippen molar-refractivity contribution in [3.63, 3.8) is 0 Å². The Hall–Kier alpha value is -4.11. The fourth-order valence-electron chi connectivity index (χ4n) is 5.28. The van der Waals surface area contributed by atoms with Gasteiger partial charge in [0.05, 0.1) is 35.4 Å². The molecule has 1 fully saturated rings. The zero-order valence-corrected chi connectivity index (χ0v) is 22.5. The maximum absolute atomic E-state index is 16.1. The number of aliphatic hydroxyl groups excluding tert-OH is 2. The standard InChI is InChI=1S/C30H34F2N4O3/c1-7-8-9-26(39)34(6)21-12-35(13-21)30-18(4)29-27(17(3)28(30)32)16(2)22(19(5)38)14-36(29)25-11-24(33)23(31)10-20(25)15-37/h7,10-11,14,21,37-38H,1-2,5,8-9,12-13,15,33H2,3-4,6H3. The summed E-state index contributed by atoms with van der Waals surface area (Å²) in [4.78, 5) is 17.7. The van der Waals surface area contributed by atoms with E-state index < -0.39 is 18.2 Å². The Morgan fingerprint density at radius 2 is 1.90 bits per heavy atom. The second-order valence-corrected chi connectivity index (χ2v) is 10.0. The van der Waals surface area contributed by atoms with E-state index in [1.54, 1.807) is 43.0 Å². The monoisotopic (exact) mass is 536 g/mol. The van der Waals surface area contributed by atoms with E-state index in [1.165, 1.54) is 6.07 Å². The maximum atomic E-state index is 16.1. The van der Waals surface area contributed by atoms with E-state index in [2.05, 4.69) is 19.7 Å². The van der Waals surface area contributed by atoms with Crippen molar-refractivity contribution in [2.45, 2.75) is 39.3 Å². The van der Waals surface area contributed by atoms with Crippen LogP contribution in [0.2, 0.25) is 0 Å². The molecule has 0 saturated carbocycles. The minimum Gasteiger partial charge on any atom is -0.508 e. The number of hydrogen-bond donors (Lipinski definition) is 3. The highest BCUT2D eigenvalue weighted by Gasteiger charge is 2.38. The molecule has 0 radical (unpaired) electrons. The molecular weight excluding hydrogens is 502 g/mol. The number of allylic oxidation sites excluding steroid dienone is 2. The highest BCUT2D eigenvalue weighted by molar-refractivity contribution is 5.98. The lowest BCUT2D eigenvalue weighted by atomic mass is 9.86. The molecule has 1 saturated heterocycles. The minimum atomic E-state index is -0.675. The van der Waals surface area contributed by atoms with E-state index in [-0.39, 0.29) is 34.5 Å². The zero-order chi connectivity index (χ0) is 28.8. The van der Waals surface area contributed by atoms with Crippen LogP contribution in [0.25, 0.3) is 5.57 Å². The van der Waals surface area contributed by atoms with Gasteiger partial charge in [0, 0.05) is 55.0 Å². The Balaban J connectivity index is 1.84. The molecule has 2 aromatic rings. The molecular formula is C30H34F2N4O3. The molecule has 0 aromatic heterocycles. The van der Waals surface area contributed by atoms with Crippen LogP contribution in [-0.2, 0) is 11.4 Å². The van der Waals surface area contributed by atoms with Gasteiger partial charge in [0.15, 0.2) is 0 Å². The third-order valence-electron chi connectivity index (χ3n) is 7.61. The van der Waals surface area contributed by atoms with Crippen LogP contribution in [0.15, 0.2) is 55.5 Å². The number of rotatable bonds is 8. The van der Waals surface area contributed by atoms with Crippen LogP contribution in [0.1, 0.15) is 35.1 Å². The number of nitrogens with zero attached hydrogens (tertiary/aromatic N) is 3. The first-order valence-electron chi connectivity index (χ1n) is 12.6. The molecule has 39 heavy (non-hydrogen) atoms. The molecule has 2 aromatic carbocycles. The van der Waals surface area contributed by atoms with Crippen molar-refractivity contribution in [3.8, 4) is 0 Å². The van der Waals surface area contributed by atoms with Gasteiger partial charge in [0.1, 0.15) is 17.4 Å². The first kappa shape index (κ1) is 27.9. The number of nitrogen functional groups attached to an aromatic ring is 1. The smallest absolute Gasteiger partial charge is 0.222 e. The van der Waals surface area contributed by atoms with Gasteiger partial charge < -0.3 is 30.6 Å². The predicted octanol–water partition coefficient (Wildman–Crippen LogP) is 5.39. The number of fused-ring (bicyclic) bond motifs is 1. The van der Waals surface area contributed by atoms with Crippen LogP contribution >= 0.6 is 0 Å². The number of anilines is 4. The average molecular weight is 537 g/mol. The Kier molecular flexibility index (Phi) is 7.57. The number of nitrogens with two attached hydrogens (primary N) is 1. The molecule has 0 spiro atoms. The molecule has 2 aliphatic heterocycles. The molecule has 1 amide bonds. The van der Waals surface area contributed by atoms with Gasteiger partial charge >= 0.3 is 0 Å². The summed E-state index contributed by atoms with van der Waals surface area (Å²) < 4.78 is 30.4. The lowest BCUT2D eigenvalue weighted by Crippen LogP contribution is -2.60. The summed E-state index contributed by atoms with van der Waals surface area (Å²) in [6.07, 6.45) is 4.25. The number of likely N-dealkylation sites (N-methyl/N-ethyl adjacent to an activating group) is 1. The van der Waals surface area contributed by atoms with Gasteiger partial charge in [-0.15, -0.1) is 6.58 Å². The fourth-order valence-corrected chi connectivity index (χ4v) is 5.28. The van der Waals surface area contributed by atoms with Crippen molar-refractivity contribution in [1.29, 1.82) is 0 Å². The third-order valence-corrected chi connectivity index (χ3v) is 7.61. The Bertz CT molecular complexity index is 1430. The van der Waals surface area contributed by atoms with E-state index in [1.807, 2.05) is 4.90 Å². The van der Waals surface area contributed by atoms with Crippen LogP contribution in [0.4, 0.5) is 31.5 Å².